The van der Waals surface area contributed by atoms with Crippen molar-refractivity contribution in [3.05, 3.63) is 48.0 Å². The minimum Gasteiger partial charge on any atom is -0.467 e. The Morgan fingerprint density at radius 2 is 2.24 bits per heavy atom. The van der Waals surface area contributed by atoms with E-state index in [1.165, 1.54) is 0 Å². The number of pyridine rings is 1. The summed E-state index contributed by atoms with van der Waals surface area (Å²) < 4.78 is 5.36. The molecule has 90 valence electrons. The Balaban J connectivity index is 2.22. The fourth-order valence-electron chi connectivity index (χ4n) is 1.75. The fourth-order valence-corrected chi connectivity index (χ4v) is 1.96. The minimum atomic E-state index is 0.470. The van der Waals surface area contributed by atoms with E-state index in [0.717, 1.165) is 23.7 Å². The first kappa shape index (κ1) is 12.0. The van der Waals surface area contributed by atoms with E-state index in [1.807, 2.05) is 24.3 Å². The zero-order valence-corrected chi connectivity index (χ0v) is 10.5. The fraction of sp³-hybridized carbons (Fsp3) is 0.308. The van der Waals surface area contributed by atoms with E-state index in [4.69, 9.17) is 16.0 Å². The molecule has 2 aromatic heterocycles. The van der Waals surface area contributed by atoms with Gasteiger partial charge in [-0.15, -0.1) is 11.6 Å². The first-order valence-electron chi connectivity index (χ1n) is 5.62. The molecule has 2 aromatic rings. The normalized spacial score (nSPS) is 10.5. The number of rotatable bonds is 5. The van der Waals surface area contributed by atoms with Gasteiger partial charge in [0.15, 0.2) is 0 Å². The van der Waals surface area contributed by atoms with Crippen LogP contribution in [0.2, 0.25) is 0 Å². The summed E-state index contributed by atoms with van der Waals surface area (Å²) in [6.07, 6.45) is 3.47. The van der Waals surface area contributed by atoms with Gasteiger partial charge in [-0.05, 0) is 25.1 Å². The number of hydrogen-bond donors (Lipinski definition) is 0. The largest absolute Gasteiger partial charge is 0.467 e. The lowest BCUT2D eigenvalue weighted by molar-refractivity contribution is 0.502. The van der Waals surface area contributed by atoms with Crippen molar-refractivity contribution in [2.24, 2.45) is 0 Å². The molecule has 0 aliphatic rings. The van der Waals surface area contributed by atoms with E-state index in [1.54, 1.807) is 12.5 Å². The van der Waals surface area contributed by atoms with Gasteiger partial charge in [-0.25, -0.2) is 4.98 Å². The lowest BCUT2D eigenvalue weighted by Gasteiger charge is -2.22. The van der Waals surface area contributed by atoms with Crippen molar-refractivity contribution in [2.75, 3.05) is 11.4 Å². The molecule has 0 radical (unpaired) electrons. The lowest BCUT2D eigenvalue weighted by atomic mass is 10.2. The number of aromatic nitrogens is 1. The molecule has 0 bridgehead atoms. The van der Waals surface area contributed by atoms with Crippen molar-refractivity contribution in [1.29, 1.82) is 0 Å². The molecule has 2 heterocycles. The van der Waals surface area contributed by atoms with Crippen LogP contribution in [-0.2, 0) is 12.4 Å². The van der Waals surface area contributed by atoms with Gasteiger partial charge in [0.1, 0.15) is 11.6 Å². The SMILES string of the molecule is CCN(Cc1ccco1)c1ncccc1CCl. The van der Waals surface area contributed by atoms with Crippen LogP contribution < -0.4 is 4.90 Å². The maximum atomic E-state index is 5.92. The Morgan fingerprint density at radius 3 is 2.88 bits per heavy atom. The minimum absolute atomic E-state index is 0.470. The maximum absolute atomic E-state index is 5.92. The van der Waals surface area contributed by atoms with Gasteiger partial charge >= 0.3 is 0 Å². The van der Waals surface area contributed by atoms with Crippen LogP contribution in [0.4, 0.5) is 5.82 Å². The molecule has 4 heteroatoms. The summed E-state index contributed by atoms with van der Waals surface area (Å²) in [6, 6.07) is 7.76. The van der Waals surface area contributed by atoms with Crippen LogP contribution in [0.3, 0.4) is 0 Å². The molecular weight excluding hydrogens is 236 g/mol. The van der Waals surface area contributed by atoms with E-state index in [0.29, 0.717) is 12.4 Å². The van der Waals surface area contributed by atoms with Crippen LogP contribution in [0.1, 0.15) is 18.2 Å². The van der Waals surface area contributed by atoms with Gasteiger partial charge in [0.2, 0.25) is 0 Å². The summed E-state index contributed by atoms with van der Waals surface area (Å²) in [6.45, 7) is 3.67. The van der Waals surface area contributed by atoms with Crippen LogP contribution in [0.25, 0.3) is 0 Å². The van der Waals surface area contributed by atoms with Crippen LogP contribution in [0, 0.1) is 0 Å². The number of halogens is 1. The lowest BCUT2D eigenvalue weighted by Crippen LogP contribution is -2.23. The third-order valence-corrected chi connectivity index (χ3v) is 2.91. The Kier molecular flexibility index (Phi) is 4.04. The zero-order valence-electron chi connectivity index (χ0n) is 9.77. The Labute approximate surface area is 106 Å². The van der Waals surface area contributed by atoms with E-state index in [-0.39, 0.29) is 0 Å². The molecule has 0 amide bonds. The molecule has 0 aliphatic carbocycles. The number of alkyl halides is 1. The summed E-state index contributed by atoms with van der Waals surface area (Å²) >= 11 is 5.92. The van der Waals surface area contributed by atoms with E-state index in [9.17, 15) is 0 Å². The second-order valence-corrected chi connectivity index (χ2v) is 3.98. The molecule has 0 aromatic carbocycles. The highest BCUT2D eigenvalue weighted by Gasteiger charge is 2.11. The number of nitrogens with zero attached hydrogens (tertiary/aromatic N) is 2. The smallest absolute Gasteiger partial charge is 0.133 e. The number of hydrogen-bond acceptors (Lipinski definition) is 3. The molecule has 0 spiro atoms. The van der Waals surface area contributed by atoms with Crippen LogP contribution in [-0.4, -0.2) is 11.5 Å². The van der Waals surface area contributed by atoms with E-state index < -0.39 is 0 Å². The molecule has 0 N–H and O–H groups in total. The summed E-state index contributed by atoms with van der Waals surface area (Å²) in [5.74, 6) is 2.33. The molecule has 0 saturated heterocycles. The predicted molar refractivity (Wildman–Crippen MR) is 69.2 cm³/mol. The molecule has 0 atom stereocenters. The van der Waals surface area contributed by atoms with Gasteiger partial charge in [-0.3, -0.25) is 0 Å². The van der Waals surface area contributed by atoms with Crippen molar-refractivity contribution >= 4 is 17.4 Å². The monoisotopic (exact) mass is 250 g/mol. The van der Waals surface area contributed by atoms with Crippen molar-refractivity contribution < 1.29 is 4.42 Å². The van der Waals surface area contributed by atoms with Crippen molar-refractivity contribution in [2.45, 2.75) is 19.3 Å². The molecule has 0 fully saturated rings. The Morgan fingerprint density at radius 1 is 1.35 bits per heavy atom. The Hall–Kier alpha value is -1.48. The van der Waals surface area contributed by atoms with Crippen LogP contribution in [0.15, 0.2) is 41.1 Å². The first-order valence-corrected chi connectivity index (χ1v) is 6.15. The van der Waals surface area contributed by atoms with Crippen LogP contribution >= 0.6 is 11.6 Å². The van der Waals surface area contributed by atoms with Gasteiger partial charge in [-0.2, -0.15) is 0 Å². The first-order chi connectivity index (χ1) is 8.35. The van der Waals surface area contributed by atoms with Gasteiger partial charge in [-0.1, -0.05) is 6.07 Å². The summed E-state index contributed by atoms with van der Waals surface area (Å²) in [5, 5.41) is 0. The number of furan rings is 1. The summed E-state index contributed by atoms with van der Waals surface area (Å²) in [4.78, 5) is 6.55. The third-order valence-electron chi connectivity index (χ3n) is 2.62. The second kappa shape index (κ2) is 5.73. The second-order valence-electron chi connectivity index (χ2n) is 3.71. The van der Waals surface area contributed by atoms with Gasteiger partial charge in [0.05, 0.1) is 18.7 Å². The highest BCUT2D eigenvalue weighted by atomic mass is 35.5. The summed E-state index contributed by atoms with van der Waals surface area (Å²) in [7, 11) is 0. The average Bonchev–Trinajstić information content (AvgIpc) is 2.89. The molecule has 3 nitrogen and oxygen atoms in total. The van der Waals surface area contributed by atoms with Crippen molar-refractivity contribution in [1.82, 2.24) is 4.98 Å². The molecular formula is C13H15ClN2O. The van der Waals surface area contributed by atoms with Crippen molar-refractivity contribution in [3.63, 3.8) is 0 Å². The Bertz CT molecular complexity index is 456. The topological polar surface area (TPSA) is 29.3 Å². The molecule has 0 saturated carbocycles. The van der Waals surface area contributed by atoms with Gasteiger partial charge in [0.25, 0.3) is 0 Å². The van der Waals surface area contributed by atoms with Crippen LogP contribution in [0.5, 0.6) is 0 Å². The number of anilines is 1. The van der Waals surface area contributed by atoms with Gasteiger partial charge in [0, 0.05) is 18.3 Å². The third kappa shape index (κ3) is 2.80. The maximum Gasteiger partial charge on any atom is 0.133 e. The highest BCUT2D eigenvalue weighted by Crippen LogP contribution is 2.21. The van der Waals surface area contributed by atoms with Gasteiger partial charge < -0.3 is 9.32 Å². The predicted octanol–water partition coefficient (Wildman–Crippen LogP) is 3.44. The molecule has 0 aliphatic heterocycles. The standard InChI is InChI=1S/C13H15ClN2O/c1-2-16(10-12-6-4-8-17-12)13-11(9-14)5-3-7-15-13/h3-8H,2,9-10H2,1H3. The average molecular weight is 251 g/mol. The molecule has 17 heavy (non-hydrogen) atoms. The van der Waals surface area contributed by atoms with E-state index in [2.05, 4.69) is 16.8 Å². The van der Waals surface area contributed by atoms with Crippen molar-refractivity contribution in [3.8, 4) is 0 Å². The highest BCUT2D eigenvalue weighted by molar-refractivity contribution is 6.17. The zero-order chi connectivity index (χ0) is 12.1. The summed E-state index contributed by atoms with van der Waals surface area (Å²) in [5.41, 5.74) is 1.04. The van der Waals surface area contributed by atoms with E-state index >= 15 is 0 Å². The quantitative estimate of drug-likeness (QED) is 0.762. The molecule has 2 rings (SSSR count). The molecule has 0 unspecified atom stereocenters.